The average Bonchev–Trinajstić information content (AvgIpc) is 3.04. The Balaban J connectivity index is -0.000000367. The van der Waals surface area contributed by atoms with Crippen LogP contribution in [0.4, 0.5) is 0 Å². The number of ketones is 2. The number of Topliss-reactive ketones (excluding diaryl/α,β-unsaturated/α-hetero) is 2. The number of aliphatic hydroxyl groups is 11. The van der Waals surface area contributed by atoms with E-state index in [-0.39, 0.29) is 0 Å². The van der Waals surface area contributed by atoms with Crippen molar-refractivity contribution in [1.29, 1.82) is 0 Å². The third kappa shape index (κ3) is 30.1. The molecule has 8 aromatic carbocycles. The monoisotopic (exact) mass is 1200 g/mol. The van der Waals surface area contributed by atoms with E-state index in [9.17, 15) is 9.59 Å². The molecular weight excluding hydrogens is 1090 g/mol. The van der Waals surface area contributed by atoms with E-state index in [2.05, 4.69) is 142 Å². The van der Waals surface area contributed by atoms with Gasteiger partial charge in [0.2, 0.25) is 0 Å². The van der Waals surface area contributed by atoms with Crippen LogP contribution < -0.4 is 0 Å². The highest BCUT2D eigenvalue weighted by atomic mass is 28.4. The molecule has 0 saturated carbocycles. The first-order chi connectivity index (χ1) is 40.5. The molecule has 0 atom stereocenters. The highest BCUT2D eigenvalue weighted by Gasteiger charge is 2.21. The molecule has 0 aliphatic heterocycles. The van der Waals surface area contributed by atoms with E-state index in [1.807, 2.05) is 7.11 Å². The zero-order valence-electron chi connectivity index (χ0n) is 53.6. The minimum atomic E-state index is -1.51. The van der Waals surface area contributed by atoms with Gasteiger partial charge in [-0.05, 0) is 159 Å². The van der Waals surface area contributed by atoms with Crippen molar-refractivity contribution >= 4 is 92.8 Å². The number of unbranched alkanes of at least 4 members (excludes halogenated alkanes) is 2. The van der Waals surface area contributed by atoms with Crippen LogP contribution in [0.3, 0.4) is 0 Å². The summed E-state index contributed by atoms with van der Waals surface area (Å²) in [6.45, 7) is 11.9. The Morgan fingerprint density at radius 2 is 0.614 bits per heavy atom. The number of hydrogen-bond donors (Lipinski definition) is 11. The summed E-state index contributed by atoms with van der Waals surface area (Å²) in [5, 5.41) is 93.0. The Bertz CT molecular complexity index is 2720. The number of aliphatic hydroxyl groups excluding tert-OH is 11. The van der Waals surface area contributed by atoms with Gasteiger partial charge in [0.1, 0.15) is 11.6 Å². The van der Waals surface area contributed by atoms with Gasteiger partial charge in [-0.3, -0.25) is 9.59 Å². The van der Waals surface area contributed by atoms with Crippen molar-refractivity contribution in [3.05, 3.63) is 120 Å². The van der Waals surface area contributed by atoms with Crippen molar-refractivity contribution < 1.29 is 74.6 Å². The molecule has 0 bridgehead atoms. The molecule has 0 spiro atoms. The van der Waals surface area contributed by atoms with Crippen LogP contribution in [0.25, 0.3) is 64.6 Å². The molecule has 11 N–H and O–H groups in total. The third-order valence-corrected chi connectivity index (χ3v) is 18.4. The largest absolute Gasteiger partial charge is 0.420 e. The molecule has 472 valence electrons. The summed E-state index contributed by atoms with van der Waals surface area (Å²) in [5.41, 5.74) is 2.73. The zero-order valence-corrected chi connectivity index (χ0v) is 55.6. The lowest BCUT2D eigenvalue weighted by atomic mass is 9.90. The zero-order chi connectivity index (χ0) is 65.0. The molecule has 0 aliphatic rings. The Kier molecular flexibility index (Phi) is 57.6. The standard InChI is InChI=1S/C28H34O2Si.C27H32O2Si.11CH4O/c1-4-30-31(2,3)20-6-5-12-25(29)13-8-9-21-14-15-24-17-16-22-10-7-11-23-18-19-26(21)28(24)27(22)23;1-29-30(2,3)19-5-4-11-24(28)12-7-8-20-13-14-23-16-15-21-9-6-10-22-17-18-25(20)27(23)26(21)22;11*1-2/h7,10-11,14-19H,4-6,8-9,12-13,20H2,1-3H3;6,9-10,13-18H,4-5,7-8,11-12,19H2,1-3H3;11*2H,1H3. The number of benzene rings is 8. The molecule has 83 heavy (non-hydrogen) atoms. The normalized spacial score (nSPS) is 9.88. The Morgan fingerprint density at radius 3 is 0.916 bits per heavy atom. The molecule has 8 aromatic rings. The number of hydrogen-bond acceptors (Lipinski definition) is 15. The molecule has 0 fully saturated rings. The van der Waals surface area contributed by atoms with Crippen LogP contribution in [-0.4, -0.2) is 176 Å². The Morgan fingerprint density at radius 1 is 0.349 bits per heavy atom. The van der Waals surface area contributed by atoms with E-state index in [1.54, 1.807) is 0 Å². The number of carbonyl (C=O) groups excluding carboxylic acids is 2. The third-order valence-electron chi connectivity index (χ3n) is 13.1. The summed E-state index contributed by atoms with van der Waals surface area (Å²) in [4.78, 5) is 24.7. The molecule has 0 unspecified atom stereocenters. The van der Waals surface area contributed by atoms with E-state index < -0.39 is 16.6 Å². The number of carbonyl (C=O) groups is 2. The van der Waals surface area contributed by atoms with Gasteiger partial charge in [-0.15, -0.1) is 0 Å². The summed E-state index contributed by atoms with van der Waals surface area (Å²) in [6, 6.07) is 42.3. The lowest BCUT2D eigenvalue weighted by Crippen LogP contribution is -2.29. The maximum atomic E-state index is 12.4. The molecule has 0 heterocycles. The summed E-state index contributed by atoms with van der Waals surface area (Å²) < 4.78 is 11.5. The summed E-state index contributed by atoms with van der Waals surface area (Å²) in [6.07, 6.45) is 10.8. The van der Waals surface area contributed by atoms with E-state index in [4.69, 9.17) is 65.0 Å². The molecule has 0 amide bonds. The fourth-order valence-corrected chi connectivity index (χ4v) is 12.9. The predicted octanol–water partition coefficient (Wildman–Crippen LogP) is 11.1. The quantitative estimate of drug-likeness (QED) is 0.0181. The van der Waals surface area contributed by atoms with Crippen LogP contribution in [0.5, 0.6) is 0 Å². The van der Waals surface area contributed by atoms with Crippen LogP contribution in [0.2, 0.25) is 38.3 Å². The van der Waals surface area contributed by atoms with Crippen molar-refractivity contribution in [1.82, 2.24) is 0 Å². The highest BCUT2D eigenvalue weighted by molar-refractivity contribution is 6.71. The highest BCUT2D eigenvalue weighted by Crippen LogP contribution is 2.38. The second-order valence-corrected chi connectivity index (χ2v) is 27.3. The van der Waals surface area contributed by atoms with Crippen LogP contribution >= 0.6 is 0 Å². The van der Waals surface area contributed by atoms with Gasteiger partial charge in [0, 0.05) is 118 Å². The summed E-state index contributed by atoms with van der Waals surface area (Å²) in [5.74, 6) is 0.818. The minimum absolute atomic E-state index is 0.407. The first kappa shape index (κ1) is 86.9. The molecular formula is C66H110O15Si2. The average molecular weight is 1200 g/mol. The van der Waals surface area contributed by atoms with Gasteiger partial charge < -0.3 is 65.0 Å². The second kappa shape index (κ2) is 55.0. The lowest BCUT2D eigenvalue weighted by Gasteiger charge is -2.21. The molecule has 0 aromatic heterocycles. The van der Waals surface area contributed by atoms with Gasteiger partial charge in [0.05, 0.1) is 0 Å². The molecule has 8 rings (SSSR count). The lowest BCUT2D eigenvalue weighted by molar-refractivity contribution is -0.120. The minimum Gasteiger partial charge on any atom is -0.420 e. The molecule has 0 radical (unpaired) electrons. The molecule has 0 saturated heterocycles. The van der Waals surface area contributed by atoms with Crippen LogP contribution in [0.1, 0.15) is 82.3 Å². The first-order valence-electron chi connectivity index (χ1n) is 27.9. The predicted molar refractivity (Wildman–Crippen MR) is 357 cm³/mol. The maximum absolute atomic E-state index is 12.4. The van der Waals surface area contributed by atoms with Gasteiger partial charge in [-0.25, -0.2) is 0 Å². The van der Waals surface area contributed by atoms with Gasteiger partial charge in [-0.1, -0.05) is 122 Å². The van der Waals surface area contributed by atoms with Gasteiger partial charge in [0.25, 0.3) is 0 Å². The Labute approximate surface area is 499 Å². The topological polar surface area (TPSA) is 275 Å². The summed E-state index contributed by atoms with van der Waals surface area (Å²) >= 11 is 0. The number of rotatable bonds is 21. The molecule has 17 heteroatoms. The van der Waals surface area contributed by atoms with Gasteiger partial charge in [-0.2, -0.15) is 0 Å². The smallest absolute Gasteiger partial charge is 0.186 e. The first-order valence-corrected chi connectivity index (χ1v) is 34.2. The fourth-order valence-electron chi connectivity index (χ4n) is 9.54. The van der Waals surface area contributed by atoms with E-state index >= 15 is 0 Å². The van der Waals surface area contributed by atoms with E-state index in [0.717, 1.165) is 155 Å². The van der Waals surface area contributed by atoms with Crippen molar-refractivity contribution in [3.63, 3.8) is 0 Å². The van der Waals surface area contributed by atoms with Crippen LogP contribution in [-0.2, 0) is 31.3 Å². The number of aryl methyl sites for hydroxylation is 2. The summed E-state index contributed by atoms with van der Waals surface area (Å²) in [7, 11) is 9.82. The van der Waals surface area contributed by atoms with Crippen molar-refractivity contribution in [2.24, 2.45) is 0 Å². The van der Waals surface area contributed by atoms with Crippen LogP contribution in [0, 0.1) is 0 Å². The van der Waals surface area contributed by atoms with E-state index in [0.29, 0.717) is 30.8 Å². The van der Waals surface area contributed by atoms with Gasteiger partial charge >= 0.3 is 0 Å². The molecule has 15 nitrogen and oxygen atoms in total. The van der Waals surface area contributed by atoms with Crippen molar-refractivity contribution in [2.45, 2.75) is 122 Å². The second-order valence-electron chi connectivity index (χ2n) is 18.5. The Hall–Kier alpha value is -4.91. The van der Waals surface area contributed by atoms with Crippen molar-refractivity contribution in [2.75, 3.05) is 91.9 Å². The molecule has 0 aliphatic carbocycles. The maximum Gasteiger partial charge on any atom is 0.186 e. The van der Waals surface area contributed by atoms with Crippen molar-refractivity contribution in [3.8, 4) is 0 Å². The van der Waals surface area contributed by atoms with Gasteiger partial charge in [0.15, 0.2) is 16.6 Å². The van der Waals surface area contributed by atoms with E-state index in [1.165, 1.54) is 75.8 Å². The fraction of sp³-hybridized carbons (Fsp3) is 0.485. The SMILES string of the molecule is CCO[Si](C)(C)CCCCC(=O)CCCc1ccc2ccc3cccc4ccc1c2c34.CO.CO.CO.CO.CO.CO.CO.CO.CO.CO.CO.CO[Si](C)(C)CCCCC(=O)CCCc1ccc2ccc3cccc4ccc1c2c34. The van der Waals surface area contributed by atoms with Crippen LogP contribution in [0.15, 0.2) is 109 Å².